The van der Waals surface area contributed by atoms with E-state index in [0.717, 1.165) is 0 Å². The first-order valence-electron chi connectivity index (χ1n) is 5.43. The molecule has 1 unspecified atom stereocenters. The number of amides is 1. The second-order valence-electron chi connectivity index (χ2n) is 4.13. The van der Waals surface area contributed by atoms with Gasteiger partial charge < -0.3 is 10.4 Å². The van der Waals surface area contributed by atoms with Crippen molar-refractivity contribution in [1.29, 1.82) is 0 Å². The molecule has 0 radical (unpaired) electrons. The molecular weight excluding hydrogens is 220 g/mol. The van der Waals surface area contributed by atoms with Crippen molar-refractivity contribution in [2.24, 2.45) is 11.8 Å². The number of nitrogens with zero attached hydrogens (tertiary/aromatic N) is 1. The minimum atomic E-state index is -0.893. The molecule has 0 aromatic carbocycles. The van der Waals surface area contributed by atoms with E-state index in [0.29, 0.717) is 5.56 Å². The molecule has 0 spiro atoms. The van der Waals surface area contributed by atoms with E-state index in [1.807, 2.05) is 13.8 Å². The summed E-state index contributed by atoms with van der Waals surface area (Å²) >= 11 is 0. The highest BCUT2D eigenvalue weighted by Gasteiger charge is 2.22. The Labute approximate surface area is 99.9 Å². The monoisotopic (exact) mass is 236 g/mol. The van der Waals surface area contributed by atoms with Gasteiger partial charge in [0.15, 0.2) is 0 Å². The molecule has 0 aliphatic rings. The summed E-state index contributed by atoms with van der Waals surface area (Å²) in [7, 11) is 0. The number of rotatable bonds is 5. The number of hydrogen-bond donors (Lipinski definition) is 2. The number of aliphatic carboxylic acids is 1. The SMILES string of the molecule is CC(C)C(CNC(=O)c1ccncc1)C(=O)O. The Morgan fingerprint density at radius 3 is 2.41 bits per heavy atom. The molecule has 0 saturated heterocycles. The van der Waals surface area contributed by atoms with E-state index in [1.54, 1.807) is 12.1 Å². The number of hydrogen-bond acceptors (Lipinski definition) is 3. The van der Waals surface area contributed by atoms with Gasteiger partial charge in [-0.05, 0) is 18.1 Å². The summed E-state index contributed by atoms with van der Waals surface area (Å²) < 4.78 is 0. The van der Waals surface area contributed by atoms with Gasteiger partial charge in [-0.1, -0.05) is 13.8 Å². The van der Waals surface area contributed by atoms with Crippen LogP contribution in [0.1, 0.15) is 24.2 Å². The van der Waals surface area contributed by atoms with Gasteiger partial charge in [0.05, 0.1) is 5.92 Å². The third-order valence-corrected chi connectivity index (χ3v) is 2.55. The van der Waals surface area contributed by atoms with Gasteiger partial charge in [-0.2, -0.15) is 0 Å². The van der Waals surface area contributed by atoms with Crippen molar-refractivity contribution in [1.82, 2.24) is 10.3 Å². The van der Waals surface area contributed by atoms with Gasteiger partial charge in [0.2, 0.25) is 0 Å². The zero-order valence-electron chi connectivity index (χ0n) is 9.88. The minimum Gasteiger partial charge on any atom is -0.481 e. The van der Waals surface area contributed by atoms with E-state index < -0.39 is 11.9 Å². The fourth-order valence-electron chi connectivity index (χ4n) is 1.42. The minimum absolute atomic E-state index is 0.0229. The normalized spacial score (nSPS) is 12.2. The summed E-state index contributed by atoms with van der Waals surface area (Å²) in [5, 5.41) is 11.6. The van der Waals surface area contributed by atoms with Gasteiger partial charge in [0.25, 0.3) is 5.91 Å². The molecule has 1 amide bonds. The maximum atomic E-state index is 11.7. The van der Waals surface area contributed by atoms with Gasteiger partial charge in [-0.25, -0.2) is 0 Å². The molecule has 17 heavy (non-hydrogen) atoms. The molecule has 5 nitrogen and oxygen atoms in total. The maximum Gasteiger partial charge on any atom is 0.308 e. The van der Waals surface area contributed by atoms with Crippen LogP contribution in [0.2, 0.25) is 0 Å². The fourth-order valence-corrected chi connectivity index (χ4v) is 1.42. The van der Waals surface area contributed by atoms with E-state index >= 15 is 0 Å². The highest BCUT2D eigenvalue weighted by atomic mass is 16.4. The van der Waals surface area contributed by atoms with Crippen LogP contribution in [0.15, 0.2) is 24.5 Å². The smallest absolute Gasteiger partial charge is 0.308 e. The molecule has 1 rings (SSSR count). The zero-order chi connectivity index (χ0) is 12.8. The highest BCUT2D eigenvalue weighted by Crippen LogP contribution is 2.10. The van der Waals surface area contributed by atoms with Crippen molar-refractivity contribution in [2.45, 2.75) is 13.8 Å². The molecule has 1 aromatic rings. The first-order chi connectivity index (χ1) is 8.02. The zero-order valence-corrected chi connectivity index (χ0v) is 9.88. The van der Waals surface area contributed by atoms with Crippen molar-refractivity contribution in [3.8, 4) is 0 Å². The average Bonchev–Trinajstić information content (AvgIpc) is 2.29. The summed E-state index contributed by atoms with van der Waals surface area (Å²) in [6.07, 6.45) is 3.04. The lowest BCUT2D eigenvalue weighted by molar-refractivity contribution is -0.142. The second-order valence-corrected chi connectivity index (χ2v) is 4.13. The largest absolute Gasteiger partial charge is 0.481 e. The molecule has 1 atom stereocenters. The fraction of sp³-hybridized carbons (Fsp3) is 0.417. The van der Waals surface area contributed by atoms with E-state index in [1.165, 1.54) is 12.4 Å². The molecule has 92 valence electrons. The lowest BCUT2D eigenvalue weighted by Gasteiger charge is -2.16. The number of nitrogens with one attached hydrogen (secondary N) is 1. The van der Waals surface area contributed by atoms with Crippen LogP contribution in [0.4, 0.5) is 0 Å². The van der Waals surface area contributed by atoms with Crippen molar-refractivity contribution < 1.29 is 14.7 Å². The molecule has 1 aromatic heterocycles. The van der Waals surface area contributed by atoms with Crippen LogP contribution in [0.5, 0.6) is 0 Å². The number of pyridine rings is 1. The second kappa shape index (κ2) is 5.98. The topological polar surface area (TPSA) is 79.3 Å². The molecule has 0 aliphatic carbocycles. The number of carbonyl (C=O) groups is 2. The van der Waals surface area contributed by atoms with Gasteiger partial charge in [0, 0.05) is 24.5 Å². The third-order valence-electron chi connectivity index (χ3n) is 2.55. The first kappa shape index (κ1) is 13.2. The Balaban J connectivity index is 2.56. The molecule has 0 fully saturated rings. The number of carbonyl (C=O) groups excluding carboxylic acids is 1. The summed E-state index contributed by atoms with van der Waals surface area (Å²) in [4.78, 5) is 26.4. The average molecular weight is 236 g/mol. The molecule has 0 bridgehead atoms. The maximum absolute atomic E-state index is 11.7. The Morgan fingerprint density at radius 1 is 1.35 bits per heavy atom. The summed E-state index contributed by atoms with van der Waals surface area (Å²) in [5.41, 5.74) is 0.480. The van der Waals surface area contributed by atoms with E-state index in [-0.39, 0.29) is 18.4 Å². The van der Waals surface area contributed by atoms with Crippen LogP contribution < -0.4 is 5.32 Å². The molecule has 2 N–H and O–H groups in total. The van der Waals surface area contributed by atoms with Crippen LogP contribution in [0, 0.1) is 11.8 Å². The molecule has 0 saturated carbocycles. The van der Waals surface area contributed by atoms with Crippen LogP contribution in [0.25, 0.3) is 0 Å². The molecule has 5 heteroatoms. The number of carboxylic acids is 1. The predicted molar refractivity (Wildman–Crippen MR) is 62.5 cm³/mol. The Hall–Kier alpha value is -1.91. The Morgan fingerprint density at radius 2 is 1.94 bits per heavy atom. The van der Waals surface area contributed by atoms with Crippen molar-refractivity contribution in [3.05, 3.63) is 30.1 Å². The number of aromatic nitrogens is 1. The van der Waals surface area contributed by atoms with Gasteiger partial charge in [0.1, 0.15) is 0 Å². The predicted octanol–water partition coefficient (Wildman–Crippen LogP) is 1.17. The summed E-state index contributed by atoms with van der Waals surface area (Å²) in [6, 6.07) is 3.17. The quantitative estimate of drug-likeness (QED) is 0.804. The van der Waals surface area contributed by atoms with E-state index in [9.17, 15) is 9.59 Å². The van der Waals surface area contributed by atoms with Gasteiger partial charge in [-0.3, -0.25) is 14.6 Å². The van der Waals surface area contributed by atoms with Crippen LogP contribution in [0.3, 0.4) is 0 Å². The molecular formula is C12H16N2O3. The van der Waals surface area contributed by atoms with E-state index in [4.69, 9.17) is 5.11 Å². The van der Waals surface area contributed by atoms with Crippen LogP contribution in [-0.4, -0.2) is 28.5 Å². The van der Waals surface area contributed by atoms with Crippen molar-refractivity contribution in [3.63, 3.8) is 0 Å². The summed E-state index contributed by atoms with van der Waals surface area (Å²) in [5.74, 6) is -1.76. The molecule has 1 heterocycles. The van der Waals surface area contributed by atoms with Crippen molar-refractivity contribution in [2.75, 3.05) is 6.54 Å². The standard InChI is InChI=1S/C12H16N2O3/c1-8(2)10(12(16)17)7-14-11(15)9-3-5-13-6-4-9/h3-6,8,10H,7H2,1-2H3,(H,14,15)(H,16,17). The van der Waals surface area contributed by atoms with Crippen molar-refractivity contribution >= 4 is 11.9 Å². The highest BCUT2D eigenvalue weighted by molar-refractivity contribution is 5.94. The Kier molecular flexibility index (Phi) is 4.63. The van der Waals surface area contributed by atoms with Gasteiger partial charge in [-0.15, -0.1) is 0 Å². The van der Waals surface area contributed by atoms with Crippen LogP contribution in [-0.2, 0) is 4.79 Å². The van der Waals surface area contributed by atoms with Crippen LogP contribution >= 0.6 is 0 Å². The van der Waals surface area contributed by atoms with Gasteiger partial charge >= 0.3 is 5.97 Å². The number of carboxylic acid groups (broad SMARTS) is 1. The lowest BCUT2D eigenvalue weighted by atomic mass is 9.96. The van der Waals surface area contributed by atoms with E-state index in [2.05, 4.69) is 10.3 Å². The first-order valence-corrected chi connectivity index (χ1v) is 5.43. The Bertz CT molecular complexity index is 390. The molecule has 0 aliphatic heterocycles. The lowest BCUT2D eigenvalue weighted by Crippen LogP contribution is -2.35. The summed E-state index contributed by atoms with van der Waals surface area (Å²) in [6.45, 7) is 3.77. The third kappa shape index (κ3) is 3.86.